The van der Waals surface area contributed by atoms with Crippen LogP contribution < -0.4 is 24.4 Å². The number of nitrogens with zero attached hydrogens (tertiary/aromatic N) is 2. The highest BCUT2D eigenvalue weighted by molar-refractivity contribution is 7.07. The first-order chi connectivity index (χ1) is 18.0. The number of allylic oxidation sites excluding steroid dienone is 1. The van der Waals surface area contributed by atoms with E-state index in [2.05, 4.69) is 24.9 Å². The van der Waals surface area contributed by atoms with E-state index in [0.717, 1.165) is 28.0 Å². The van der Waals surface area contributed by atoms with E-state index in [1.165, 1.54) is 11.3 Å². The molecule has 1 aliphatic rings. The van der Waals surface area contributed by atoms with Gasteiger partial charge in [-0.15, -0.1) is 0 Å². The minimum absolute atomic E-state index is 0.217. The topological polar surface area (TPSA) is 79.1 Å². The summed E-state index contributed by atoms with van der Waals surface area (Å²) in [6.45, 7) is 11.6. The average Bonchev–Trinajstić information content (AvgIpc) is 3.17. The van der Waals surface area contributed by atoms with E-state index in [1.807, 2.05) is 43.3 Å². The molecule has 1 aliphatic heterocycles. The maximum absolute atomic E-state index is 14.0. The fraction of sp³-hybridized carbons (Fsp3) is 0.367. The third-order valence-corrected chi connectivity index (χ3v) is 7.50. The van der Waals surface area contributed by atoms with E-state index >= 15 is 0 Å². The van der Waals surface area contributed by atoms with Crippen molar-refractivity contribution in [2.24, 2.45) is 4.99 Å². The molecule has 0 unspecified atom stereocenters. The molecular weight excluding hydrogens is 500 g/mol. The summed E-state index contributed by atoms with van der Waals surface area (Å²) >= 11 is 1.31. The van der Waals surface area contributed by atoms with Crippen LogP contribution in [0.5, 0.6) is 11.5 Å². The van der Waals surface area contributed by atoms with Crippen molar-refractivity contribution in [3.8, 4) is 11.5 Å². The van der Waals surface area contributed by atoms with Gasteiger partial charge in [0, 0.05) is 0 Å². The maximum Gasteiger partial charge on any atom is 0.338 e. The number of rotatable bonds is 7. The van der Waals surface area contributed by atoms with Crippen molar-refractivity contribution in [3.63, 3.8) is 0 Å². The van der Waals surface area contributed by atoms with E-state index in [4.69, 9.17) is 14.2 Å². The number of hydrogen-bond acceptors (Lipinski definition) is 7. The second-order valence-electron chi connectivity index (χ2n) is 9.92. The highest BCUT2D eigenvalue weighted by atomic mass is 32.1. The third kappa shape index (κ3) is 5.18. The Hall–Kier alpha value is -3.65. The Morgan fingerprint density at radius 2 is 1.82 bits per heavy atom. The summed E-state index contributed by atoms with van der Waals surface area (Å²) in [4.78, 5) is 32.4. The van der Waals surface area contributed by atoms with Crippen LogP contribution in [-0.4, -0.2) is 30.9 Å². The number of benzene rings is 2. The fourth-order valence-corrected chi connectivity index (χ4v) is 5.67. The normalized spacial score (nSPS) is 15.5. The van der Waals surface area contributed by atoms with Gasteiger partial charge >= 0.3 is 5.97 Å². The van der Waals surface area contributed by atoms with Crippen molar-refractivity contribution in [1.29, 1.82) is 0 Å². The van der Waals surface area contributed by atoms with Crippen LogP contribution in [0.4, 0.5) is 0 Å². The zero-order valence-corrected chi connectivity index (χ0v) is 23.9. The summed E-state index contributed by atoms with van der Waals surface area (Å²) in [5.74, 6) is 1.23. The maximum atomic E-state index is 14.0. The van der Waals surface area contributed by atoms with E-state index in [-0.39, 0.29) is 17.6 Å². The largest absolute Gasteiger partial charge is 0.497 e. The molecule has 1 atom stereocenters. The van der Waals surface area contributed by atoms with Gasteiger partial charge in [-0.25, -0.2) is 9.79 Å². The molecule has 8 heteroatoms. The standard InChI is InChI=1S/C30H34N2O5S/c1-16(2)23-14-21(18(5)12-24(23)36-8)15-25-28(33)32-27(20-10-9-11-22(13-20)35-7)26(29(34)37-17(3)4)19(6)31-30(32)38-25/h9-17,27H,1-8H3/b25-15-/t27-/m0/s1. The smallest absolute Gasteiger partial charge is 0.338 e. The number of carbonyl (C=O) groups excluding carboxylic acids is 1. The first kappa shape index (κ1) is 27.4. The number of fused-ring (bicyclic) bond motifs is 1. The van der Waals surface area contributed by atoms with E-state index in [0.29, 0.717) is 26.4 Å². The molecule has 38 heavy (non-hydrogen) atoms. The SMILES string of the molecule is COc1cccc([C@H]2C(C(=O)OC(C)C)=C(C)N=c3s/c(=C\c4cc(C(C)C)c(OC)cc4C)c(=O)n32)c1. The van der Waals surface area contributed by atoms with Crippen LogP contribution in [0.2, 0.25) is 0 Å². The molecule has 0 saturated carbocycles. The number of aromatic nitrogens is 1. The number of esters is 1. The molecule has 0 radical (unpaired) electrons. The second-order valence-corrected chi connectivity index (χ2v) is 10.9. The van der Waals surface area contributed by atoms with Crippen LogP contribution in [0.25, 0.3) is 6.08 Å². The summed E-state index contributed by atoms with van der Waals surface area (Å²) in [6, 6.07) is 10.8. The molecule has 0 bridgehead atoms. The Bertz CT molecular complexity index is 1590. The van der Waals surface area contributed by atoms with Gasteiger partial charge < -0.3 is 14.2 Å². The summed E-state index contributed by atoms with van der Waals surface area (Å²) in [7, 11) is 3.25. The second kappa shape index (κ2) is 11.0. The first-order valence-electron chi connectivity index (χ1n) is 12.6. The van der Waals surface area contributed by atoms with Crippen molar-refractivity contribution in [2.75, 3.05) is 14.2 Å². The van der Waals surface area contributed by atoms with Crippen molar-refractivity contribution < 1.29 is 19.0 Å². The lowest BCUT2D eigenvalue weighted by Crippen LogP contribution is -2.40. The molecule has 3 aromatic rings. The molecule has 0 aliphatic carbocycles. The highest BCUT2D eigenvalue weighted by Crippen LogP contribution is 2.33. The van der Waals surface area contributed by atoms with E-state index in [1.54, 1.807) is 39.6 Å². The van der Waals surface area contributed by atoms with Gasteiger partial charge in [-0.1, -0.05) is 37.3 Å². The molecule has 7 nitrogen and oxygen atoms in total. The predicted molar refractivity (Wildman–Crippen MR) is 150 cm³/mol. The molecule has 0 N–H and O–H groups in total. The molecule has 0 saturated heterocycles. The number of methoxy groups -OCH3 is 2. The van der Waals surface area contributed by atoms with Crippen LogP contribution in [0.3, 0.4) is 0 Å². The summed E-state index contributed by atoms with van der Waals surface area (Å²) in [6.07, 6.45) is 1.59. The molecule has 0 fully saturated rings. The van der Waals surface area contributed by atoms with Crippen molar-refractivity contribution in [3.05, 3.63) is 89.6 Å². The van der Waals surface area contributed by atoms with Crippen molar-refractivity contribution in [1.82, 2.24) is 4.57 Å². The Morgan fingerprint density at radius 1 is 1.08 bits per heavy atom. The number of carbonyl (C=O) groups is 1. The fourth-order valence-electron chi connectivity index (χ4n) is 4.63. The molecule has 2 aromatic carbocycles. The summed E-state index contributed by atoms with van der Waals surface area (Å²) in [5, 5.41) is 0. The molecule has 4 rings (SSSR count). The number of ether oxygens (including phenoxy) is 3. The van der Waals surface area contributed by atoms with Gasteiger partial charge in [0.05, 0.1) is 42.2 Å². The van der Waals surface area contributed by atoms with E-state index in [9.17, 15) is 9.59 Å². The van der Waals surface area contributed by atoms with E-state index < -0.39 is 12.0 Å². The lowest BCUT2D eigenvalue weighted by atomic mass is 9.95. The molecular formula is C30H34N2O5S. The lowest BCUT2D eigenvalue weighted by molar-refractivity contribution is -0.143. The minimum atomic E-state index is -0.696. The van der Waals surface area contributed by atoms with Crippen LogP contribution in [0.1, 0.15) is 68.8 Å². The quantitative estimate of drug-likeness (QED) is 0.413. The van der Waals surface area contributed by atoms with Gasteiger partial charge in [-0.2, -0.15) is 0 Å². The Kier molecular flexibility index (Phi) is 7.92. The monoisotopic (exact) mass is 534 g/mol. The Labute approximate surface area is 226 Å². The number of hydrogen-bond donors (Lipinski definition) is 0. The Morgan fingerprint density at radius 3 is 2.45 bits per heavy atom. The third-order valence-electron chi connectivity index (χ3n) is 6.52. The van der Waals surface area contributed by atoms with Crippen molar-refractivity contribution >= 4 is 23.4 Å². The van der Waals surface area contributed by atoms with Crippen molar-refractivity contribution in [2.45, 2.75) is 59.6 Å². The van der Waals surface area contributed by atoms with Gasteiger partial charge in [0.1, 0.15) is 11.5 Å². The van der Waals surface area contributed by atoms with Gasteiger partial charge in [0.2, 0.25) is 0 Å². The van der Waals surface area contributed by atoms with Crippen LogP contribution in [-0.2, 0) is 9.53 Å². The zero-order chi connectivity index (χ0) is 27.7. The molecule has 2 heterocycles. The highest BCUT2D eigenvalue weighted by Gasteiger charge is 2.34. The zero-order valence-electron chi connectivity index (χ0n) is 23.1. The predicted octanol–water partition coefficient (Wildman–Crippen LogP) is 4.64. The van der Waals surface area contributed by atoms with Gasteiger partial charge in [0.25, 0.3) is 5.56 Å². The summed E-state index contributed by atoms with van der Waals surface area (Å²) in [5.41, 5.74) is 4.40. The molecule has 0 spiro atoms. The molecule has 1 aromatic heterocycles. The number of thiazole rings is 1. The minimum Gasteiger partial charge on any atom is -0.497 e. The van der Waals surface area contributed by atoms with Crippen LogP contribution in [0, 0.1) is 6.92 Å². The van der Waals surface area contributed by atoms with Crippen LogP contribution in [0.15, 0.2) is 57.5 Å². The lowest BCUT2D eigenvalue weighted by Gasteiger charge is -2.25. The van der Waals surface area contributed by atoms with Gasteiger partial charge in [0.15, 0.2) is 4.80 Å². The van der Waals surface area contributed by atoms with Crippen LogP contribution >= 0.6 is 11.3 Å². The summed E-state index contributed by atoms with van der Waals surface area (Å²) < 4.78 is 18.7. The molecule has 0 amide bonds. The first-order valence-corrected chi connectivity index (χ1v) is 13.4. The molecule has 200 valence electrons. The number of aryl methyl sites for hydroxylation is 1. The van der Waals surface area contributed by atoms with Gasteiger partial charge in [-0.3, -0.25) is 9.36 Å². The average molecular weight is 535 g/mol. The Balaban J connectivity index is 1.96. The van der Waals surface area contributed by atoms with Gasteiger partial charge in [-0.05, 0) is 86.2 Å².